The van der Waals surface area contributed by atoms with E-state index in [0.717, 1.165) is 43.9 Å². The molecule has 4 aliphatic carbocycles. The lowest BCUT2D eigenvalue weighted by atomic mass is 9.48. The van der Waals surface area contributed by atoms with Gasteiger partial charge >= 0.3 is 11.9 Å². The molecule has 7 nitrogen and oxygen atoms in total. The molecular weight excluding hydrogens is 480 g/mol. The summed E-state index contributed by atoms with van der Waals surface area (Å²) in [4.78, 5) is 48.8. The number of cyclic esters (lactones) is 1. The lowest BCUT2D eigenvalue weighted by Crippen LogP contribution is -2.51. The maximum Gasteiger partial charge on any atom is 0.319 e. The molecule has 1 saturated heterocycles. The number of hydrogen-bond donors (Lipinski definition) is 1. The monoisotopic (exact) mass is 516 g/mol. The van der Waals surface area contributed by atoms with Crippen molar-refractivity contribution in [2.24, 2.45) is 34.5 Å². The van der Waals surface area contributed by atoms with Gasteiger partial charge in [0.1, 0.15) is 17.5 Å². The maximum absolute atomic E-state index is 12.8. The van der Waals surface area contributed by atoms with Crippen molar-refractivity contribution in [3.63, 3.8) is 0 Å². The number of aliphatic hydroxyl groups excluding tert-OH is 1. The summed E-state index contributed by atoms with van der Waals surface area (Å²) in [6.45, 7) is 6.92. The van der Waals surface area contributed by atoms with Gasteiger partial charge in [0, 0.05) is 17.3 Å². The van der Waals surface area contributed by atoms with E-state index < -0.39 is 34.8 Å². The molecule has 196 valence electrons. The number of allylic oxidation sites excluding steroid dienone is 4. The molecule has 0 radical (unpaired) electrons. The molecule has 0 aromatic rings. The number of rotatable bonds is 5. The molecule has 0 aromatic carbocycles. The van der Waals surface area contributed by atoms with Crippen molar-refractivity contribution in [2.75, 3.05) is 6.61 Å². The first-order valence-corrected chi connectivity index (χ1v) is 14.1. The van der Waals surface area contributed by atoms with E-state index in [1.807, 2.05) is 6.08 Å². The summed E-state index contributed by atoms with van der Waals surface area (Å²) in [5.74, 6) is 0.651. The zero-order chi connectivity index (χ0) is 25.8. The fraction of sp³-hybridized carbons (Fsp3) is 0.714. The summed E-state index contributed by atoms with van der Waals surface area (Å²) in [5.41, 5.74) is 1.03. The minimum atomic E-state index is -1.50. The van der Waals surface area contributed by atoms with Crippen LogP contribution < -0.4 is 0 Å². The van der Waals surface area contributed by atoms with Crippen LogP contribution in [0.3, 0.4) is 0 Å². The lowest BCUT2D eigenvalue weighted by molar-refractivity contribution is -0.164. The van der Waals surface area contributed by atoms with Crippen LogP contribution in [-0.4, -0.2) is 52.0 Å². The first-order valence-electron chi connectivity index (χ1n) is 13.2. The molecule has 3 saturated carbocycles. The third-order valence-electron chi connectivity index (χ3n) is 9.82. The smallest absolute Gasteiger partial charge is 0.319 e. The van der Waals surface area contributed by atoms with E-state index in [4.69, 9.17) is 9.47 Å². The van der Waals surface area contributed by atoms with Gasteiger partial charge in [0.05, 0.1) is 13.0 Å². The summed E-state index contributed by atoms with van der Waals surface area (Å²) in [5, 5.41) is 9.11. The van der Waals surface area contributed by atoms with E-state index in [-0.39, 0.29) is 35.2 Å². The number of ketones is 1. The number of thioether (sulfide) groups is 1. The minimum absolute atomic E-state index is 0.0793. The van der Waals surface area contributed by atoms with Gasteiger partial charge in [-0.3, -0.25) is 19.2 Å². The zero-order valence-corrected chi connectivity index (χ0v) is 22.1. The molecule has 1 heterocycles. The van der Waals surface area contributed by atoms with Crippen LogP contribution in [0.2, 0.25) is 0 Å². The predicted molar refractivity (Wildman–Crippen MR) is 134 cm³/mol. The van der Waals surface area contributed by atoms with Gasteiger partial charge in [0.2, 0.25) is 5.12 Å². The quantitative estimate of drug-likeness (QED) is 0.550. The van der Waals surface area contributed by atoms with Crippen LogP contribution >= 0.6 is 11.8 Å². The third-order valence-corrected chi connectivity index (χ3v) is 11.0. The van der Waals surface area contributed by atoms with Crippen LogP contribution in [-0.2, 0) is 28.7 Å². The molecule has 8 heteroatoms. The second kappa shape index (κ2) is 9.43. The van der Waals surface area contributed by atoms with Gasteiger partial charge in [0.25, 0.3) is 0 Å². The van der Waals surface area contributed by atoms with Crippen LogP contribution in [0.25, 0.3) is 0 Å². The number of ether oxygens (including phenoxy) is 2. The van der Waals surface area contributed by atoms with Crippen LogP contribution in [0.1, 0.15) is 65.7 Å². The molecule has 1 aliphatic heterocycles. The lowest BCUT2D eigenvalue weighted by Gasteiger charge is -2.56. The van der Waals surface area contributed by atoms with Crippen molar-refractivity contribution in [1.82, 2.24) is 0 Å². The highest BCUT2D eigenvalue weighted by molar-refractivity contribution is 8.14. The molecule has 1 N–H and O–H groups in total. The normalized spacial score (nSPS) is 42.1. The fourth-order valence-corrected chi connectivity index (χ4v) is 8.90. The first kappa shape index (κ1) is 25.7. The van der Waals surface area contributed by atoms with Crippen molar-refractivity contribution in [2.45, 2.75) is 83.2 Å². The molecule has 0 aromatic heterocycles. The summed E-state index contributed by atoms with van der Waals surface area (Å²) >= 11 is 0.745. The van der Waals surface area contributed by atoms with Gasteiger partial charge in [-0.25, -0.2) is 0 Å². The second-order valence-corrected chi connectivity index (χ2v) is 13.1. The Morgan fingerprint density at radius 2 is 2.00 bits per heavy atom. The average Bonchev–Trinajstić information content (AvgIpc) is 3.34. The van der Waals surface area contributed by atoms with Crippen molar-refractivity contribution in [3.8, 4) is 0 Å². The summed E-state index contributed by atoms with van der Waals surface area (Å²) in [6, 6.07) is 0. The van der Waals surface area contributed by atoms with Crippen molar-refractivity contribution >= 4 is 34.6 Å². The molecule has 0 amide bonds. The summed E-state index contributed by atoms with van der Waals surface area (Å²) in [7, 11) is 0. The van der Waals surface area contributed by atoms with Gasteiger partial charge in [-0.15, -0.1) is 0 Å². The highest BCUT2D eigenvalue weighted by Crippen LogP contribution is 2.65. The predicted octanol–water partition coefficient (Wildman–Crippen LogP) is 3.78. The van der Waals surface area contributed by atoms with E-state index >= 15 is 0 Å². The number of fused-ring (bicyclic) bond motifs is 5. The Hall–Kier alpha value is -1.93. The Morgan fingerprint density at radius 3 is 2.72 bits per heavy atom. The van der Waals surface area contributed by atoms with Gasteiger partial charge < -0.3 is 14.6 Å². The largest absolute Gasteiger partial charge is 0.465 e. The Kier molecular flexibility index (Phi) is 6.73. The standard InChI is InChI=1S/C28H36O7S/c1-15-12-20-18-5-4-16-13-17(29)6-9-27(16,2)19(18)7-10-28(20,3)24(15)35-23(31)14-21(30)26(33)36-22-8-11-34-25(22)32/h6,9,13,15,18-22,24,30H,4-5,7-8,10-12,14H2,1-3H3/t15-,18-,19+,20+,21?,22+,24-,27+,28+/m1/s1. The molecule has 0 bridgehead atoms. The Balaban J connectivity index is 1.24. The number of carbonyl (C=O) groups excluding carboxylic acids is 4. The van der Waals surface area contributed by atoms with Crippen LogP contribution in [0, 0.1) is 34.5 Å². The number of carbonyl (C=O) groups is 4. The van der Waals surface area contributed by atoms with Crippen molar-refractivity contribution in [3.05, 3.63) is 23.8 Å². The van der Waals surface area contributed by atoms with Crippen molar-refractivity contribution in [1.29, 1.82) is 0 Å². The molecule has 36 heavy (non-hydrogen) atoms. The van der Waals surface area contributed by atoms with E-state index in [1.54, 1.807) is 6.08 Å². The average molecular weight is 517 g/mol. The van der Waals surface area contributed by atoms with E-state index in [2.05, 4.69) is 26.8 Å². The van der Waals surface area contributed by atoms with Gasteiger partial charge in [-0.1, -0.05) is 44.2 Å². The van der Waals surface area contributed by atoms with Crippen LogP contribution in [0.5, 0.6) is 0 Å². The molecule has 5 aliphatic rings. The highest BCUT2D eigenvalue weighted by atomic mass is 32.2. The second-order valence-electron chi connectivity index (χ2n) is 11.9. The Labute approximate surface area is 216 Å². The third kappa shape index (κ3) is 4.28. The maximum atomic E-state index is 12.8. The van der Waals surface area contributed by atoms with Gasteiger partial charge in [-0.05, 0) is 67.9 Å². The Bertz CT molecular complexity index is 1030. The number of esters is 2. The summed E-state index contributed by atoms with van der Waals surface area (Å²) in [6.07, 6.45) is 8.86. The zero-order valence-electron chi connectivity index (χ0n) is 21.2. The van der Waals surface area contributed by atoms with Crippen molar-refractivity contribution < 1.29 is 33.8 Å². The van der Waals surface area contributed by atoms with E-state index in [0.29, 0.717) is 24.2 Å². The topological polar surface area (TPSA) is 107 Å². The van der Waals surface area contributed by atoms with Crippen LogP contribution in [0.15, 0.2) is 23.8 Å². The molecule has 0 spiro atoms. The van der Waals surface area contributed by atoms with E-state index in [9.17, 15) is 24.3 Å². The molecule has 5 rings (SSSR count). The highest BCUT2D eigenvalue weighted by Gasteiger charge is 2.61. The Morgan fingerprint density at radius 1 is 1.22 bits per heavy atom. The van der Waals surface area contributed by atoms with Gasteiger partial charge in [-0.2, -0.15) is 0 Å². The molecule has 9 atom stereocenters. The number of hydrogen-bond acceptors (Lipinski definition) is 8. The number of aliphatic hydroxyl groups is 1. The van der Waals surface area contributed by atoms with E-state index in [1.165, 1.54) is 5.57 Å². The van der Waals surface area contributed by atoms with Crippen LogP contribution in [0.4, 0.5) is 0 Å². The molecule has 1 unspecified atom stereocenters. The summed E-state index contributed by atoms with van der Waals surface area (Å²) < 4.78 is 10.9. The minimum Gasteiger partial charge on any atom is -0.465 e. The fourth-order valence-electron chi connectivity index (χ4n) is 8.00. The SMILES string of the molecule is C[C@@H]1C[C@H]2[C@@H]3CCC4=CC(=O)C=C[C@]4(C)[C@H]3CC[C@]2(C)[C@@H]1OC(=O)CC(O)C(=O)S[C@H]1CCOC1=O. The van der Waals surface area contributed by atoms with Gasteiger partial charge in [0.15, 0.2) is 5.78 Å². The first-order chi connectivity index (χ1) is 17.0. The molecule has 4 fully saturated rings. The molecular formula is C28H36O7S.